The number of hydrogen-bond donors (Lipinski definition) is 1. The Bertz CT molecular complexity index is 422. The first kappa shape index (κ1) is 14.2. The summed E-state index contributed by atoms with van der Waals surface area (Å²) >= 11 is 0. The highest BCUT2D eigenvalue weighted by molar-refractivity contribution is 5.17. The van der Waals surface area contributed by atoms with Crippen molar-refractivity contribution in [3.63, 3.8) is 0 Å². The molecule has 0 spiro atoms. The third-order valence-electron chi connectivity index (χ3n) is 5.05. The minimum absolute atomic E-state index is 0.692. The first-order valence-corrected chi connectivity index (χ1v) is 8.23. The average molecular weight is 276 g/mol. The fourth-order valence-corrected chi connectivity index (χ4v) is 3.40. The van der Waals surface area contributed by atoms with Gasteiger partial charge in [-0.25, -0.2) is 0 Å². The SMILES string of the molecule is CC1CC1c1ccc(CNCCN(C)C2CCCC2)o1. The first-order valence-electron chi connectivity index (χ1n) is 8.23. The molecule has 3 heteroatoms. The van der Waals surface area contributed by atoms with Crippen LogP contribution >= 0.6 is 0 Å². The number of likely N-dealkylation sites (N-methyl/N-ethyl adjacent to an activating group) is 1. The molecular formula is C17H28N2O. The molecule has 20 heavy (non-hydrogen) atoms. The highest BCUT2D eigenvalue weighted by atomic mass is 16.3. The van der Waals surface area contributed by atoms with Crippen molar-refractivity contribution in [3.8, 4) is 0 Å². The number of rotatable bonds is 7. The monoisotopic (exact) mass is 276 g/mol. The maximum absolute atomic E-state index is 5.91. The first-order chi connectivity index (χ1) is 9.74. The second kappa shape index (κ2) is 6.31. The molecule has 112 valence electrons. The largest absolute Gasteiger partial charge is 0.464 e. The maximum atomic E-state index is 5.91. The van der Waals surface area contributed by atoms with Crippen LogP contribution in [0.15, 0.2) is 16.5 Å². The van der Waals surface area contributed by atoms with E-state index < -0.39 is 0 Å². The van der Waals surface area contributed by atoms with Crippen LogP contribution < -0.4 is 5.32 Å². The van der Waals surface area contributed by atoms with Gasteiger partial charge < -0.3 is 14.6 Å². The van der Waals surface area contributed by atoms with Gasteiger partial charge in [0.1, 0.15) is 11.5 Å². The van der Waals surface area contributed by atoms with E-state index in [1.807, 2.05) is 0 Å². The van der Waals surface area contributed by atoms with Crippen LogP contribution in [0.4, 0.5) is 0 Å². The Morgan fingerprint density at radius 3 is 2.75 bits per heavy atom. The van der Waals surface area contributed by atoms with Crippen molar-refractivity contribution in [2.24, 2.45) is 5.92 Å². The molecule has 3 rings (SSSR count). The summed E-state index contributed by atoms with van der Waals surface area (Å²) in [6.45, 7) is 5.34. The van der Waals surface area contributed by atoms with Crippen LogP contribution in [-0.2, 0) is 6.54 Å². The van der Waals surface area contributed by atoms with Gasteiger partial charge in [0.2, 0.25) is 0 Å². The highest BCUT2D eigenvalue weighted by Gasteiger charge is 2.36. The number of furan rings is 1. The standard InChI is InChI=1S/C17H28N2O/c1-13-11-16(13)17-8-7-15(20-17)12-18-9-10-19(2)14-5-3-4-6-14/h7-8,13-14,16,18H,3-6,9-12H2,1-2H3. The molecule has 0 aromatic carbocycles. The minimum Gasteiger partial charge on any atom is -0.464 e. The van der Waals surface area contributed by atoms with E-state index in [1.165, 1.54) is 37.9 Å². The third-order valence-corrected chi connectivity index (χ3v) is 5.05. The lowest BCUT2D eigenvalue weighted by molar-refractivity contribution is 0.244. The van der Waals surface area contributed by atoms with Gasteiger partial charge >= 0.3 is 0 Å². The summed E-state index contributed by atoms with van der Waals surface area (Å²) in [5, 5.41) is 3.50. The van der Waals surface area contributed by atoms with Gasteiger partial charge in [0.15, 0.2) is 0 Å². The van der Waals surface area contributed by atoms with Crippen LogP contribution in [0, 0.1) is 5.92 Å². The predicted octanol–water partition coefficient (Wildman–Crippen LogP) is 3.37. The van der Waals surface area contributed by atoms with Gasteiger partial charge in [-0.1, -0.05) is 19.8 Å². The van der Waals surface area contributed by atoms with Crippen LogP contribution in [0.25, 0.3) is 0 Å². The maximum Gasteiger partial charge on any atom is 0.117 e. The van der Waals surface area contributed by atoms with Gasteiger partial charge in [0.25, 0.3) is 0 Å². The smallest absolute Gasteiger partial charge is 0.117 e. The molecule has 2 atom stereocenters. The molecule has 2 aliphatic carbocycles. The summed E-state index contributed by atoms with van der Waals surface area (Å²) in [5.74, 6) is 3.79. The highest BCUT2D eigenvalue weighted by Crippen LogP contribution is 2.47. The molecule has 0 aliphatic heterocycles. The minimum atomic E-state index is 0.692. The van der Waals surface area contributed by atoms with E-state index >= 15 is 0 Å². The molecule has 0 radical (unpaired) electrons. The predicted molar refractivity (Wildman–Crippen MR) is 81.8 cm³/mol. The van der Waals surface area contributed by atoms with Crippen LogP contribution in [0.5, 0.6) is 0 Å². The molecule has 2 saturated carbocycles. The number of nitrogens with one attached hydrogen (secondary N) is 1. The molecule has 1 aromatic heterocycles. The van der Waals surface area contributed by atoms with Crippen molar-refractivity contribution in [1.82, 2.24) is 10.2 Å². The van der Waals surface area contributed by atoms with Gasteiger partial charge in [-0.2, -0.15) is 0 Å². The molecule has 3 nitrogen and oxygen atoms in total. The molecule has 0 bridgehead atoms. The van der Waals surface area contributed by atoms with Crippen molar-refractivity contribution in [2.75, 3.05) is 20.1 Å². The van der Waals surface area contributed by atoms with Crippen LogP contribution in [0.1, 0.15) is 56.5 Å². The van der Waals surface area contributed by atoms with Gasteiger partial charge in [-0.3, -0.25) is 0 Å². The Morgan fingerprint density at radius 2 is 2.05 bits per heavy atom. The Morgan fingerprint density at radius 1 is 1.30 bits per heavy atom. The van der Waals surface area contributed by atoms with Crippen LogP contribution in [-0.4, -0.2) is 31.1 Å². The third kappa shape index (κ3) is 3.44. The molecule has 2 fully saturated rings. The summed E-state index contributed by atoms with van der Waals surface area (Å²) in [4.78, 5) is 2.51. The Labute approximate surface area is 122 Å². The van der Waals surface area contributed by atoms with Gasteiger partial charge in [0, 0.05) is 25.0 Å². The normalized spacial score (nSPS) is 26.6. The van der Waals surface area contributed by atoms with E-state index in [-0.39, 0.29) is 0 Å². The lowest BCUT2D eigenvalue weighted by Gasteiger charge is -2.23. The van der Waals surface area contributed by atoms with Gasteiger partial charge in [-0.15, -0.1) is 0 Å². The second-order valence-electron chi connectivity index (χ2n) is 6.72. The summed E-state index contributed by atoms with van der Waals surface area (Å²) in [6.07, 6.45) is 6.90. The Balaban J connectivity index is 1.34. The molecule has 1 aromatic rings. The van der Waals surface area contributed by atoms with Gasteiger partial charge in [0.05, 0.1) is 6.54 Å². The summed E-state index contributed by atoms with van der Waals surface area (Å²) in [7, 11) is 2.26. The number of hydrogen-bond acceptors (Lipinski definition) is 3. The van der Waals surface area contributed by atoms with Crippen molar-refractivity contribution in [2.45, 2.75) is 57.5 Å². The van der Waals surface area contributed by atoms with E-state index in [4.69, 9.17) is 4.42 Å². The Kier molecular flexibility index (Phi) is 4.47. The van der Waals surface area contributed by atoms with Crippen LogP contribution in [0.3, 0.4) is 0 Å². The molecule has 2 unspecified atom stereocenters. The fourth-order valence-electron chi connectivity index (χ4n) is 3.40. The van der Waals surface area contributed by atoms with Crippen molar-refractivity contribution in [1.29, 1.82) is 0 Å². The van der Waals surface area contributed by atoms with Gasteiger partial charge in [-0.05, 0) is 44.4 Å². The lowest BCUT2D eigenvalue weighted by atomic mass is 10.2. The van der Waals surface area contributed by atoms with E-state index in [1.54, 1.807) is 0 Å². The fraction of sp³-hybridized carbons (Fsp3) is 0.765. The topological polar surface area (TPSA) is 28.4 Å². The quantitative estimate of drug-likeness (QED) is 0.774. The van der Waals surface area contributed by atoms with E-state index in [0.717, 1.165) is 37.4 Å². The summed E-state index contributed by atoms with van der Waals surface area (Å²) in [6, 6.07) is 5.12. The summed E-state index contributed by atoms with van der Waals surface area (Å²) in [5.41, 5.74) is 0. The molecule has 0 amide bonds. The van der Waals surface area contributed by atoms with Crippen molar-refractivity contribution in [3.05, 3.63) is 23.7 Å². The van der Waals surface area contributed by atoms with Crippen molar-refractivity contribution >= 4 is 0 Å². The molecule has 2 aliphatic rings. The number of nitrogens with zero attached hydrogens (tertiary/aromatic N) is 1. The van der Waals surface area contributed by atoms with E-state index in [9.17, 15) is 0 Å². The molecule has 1 heterocycles. The van der Waals surface area contributed by atoms with E-state index in [2.05, 4.69) is 36.3 Å². The zero-order chi connectivity index (χ0) is 13.9. The zero-order valence-electron chi connectivity index (χ0n) is 12.9. The second-order valence-corrected chi connectivity index (χ2v) is 6.72. The van der Waals surface area contributed by atoms with E-state index in [0.29, 0.717) is 5.92 Å². The van der Waals surface area contributed by atoms with Crippen LogP contribution in [0.2, 0.25) is 0 Å². The van der Waals surface area contributed by atoms with Crippen molar-refractivity contribution < 1.29 is 4.42 Å². The Hall–Kier alpha value is -0.800. The average Bonchev–Trinajstić information content (AvgIpc) is 2.93. The molecule has 1 N–H and O–H groups in total. The molecule has 0 saturated heterocycles. The summed E-state index contributed by atoms with van der Waals surface area (Å²) < 4.78 is 5.91. The lowest BCUT2D eigenvalue weighted by Crippen LogP contribution is -2.35. The molecular weight excluding hydrogens is 248 g/mol. The zero-order valence-corrected chi connectivity index (χ0v) is 12.9.